The van der Waals surface area contributed by atoms with Gasteiger partial charge >= 0.3 is 0 Å². The predicted molar refractivity (Wildman–Crippen MR) is 99.6 cm³/mol. The van der Waals surface area contributed by atoms with Crippen molar-refractivity contribution < 1.29 is 18.6 Å². The Labute approximate surface area is 152 Å². The van der Waals surface area contributed by atoms with Crippen molar-refractivity contribution in [2.24, 2.45) is 4.99 Å². The average molecular weight is 362 g/mol. The summed E-state index contributed by atoms with van der Waals surface area (Å²) in [5, 5.41) is 10.9. The van der Waals surface area contributed by atoms with Crippen molar-refractivity contribution in [3.05, 3.63) is 59.2 Å². The van der Waals surface area contributed by atoms with E-state index in [4.69, 9.17) is 4.74 Å². The minimum atomic E-state index is -3.03. The highest BCUT2D eigenvalue weighted by atomic mass is 19.3. The van der Waals surface area contributed by atoms with E-state index in [9.17, 15) is 13.9 Å². The van der Waals surface area contributed by atoms with Crippen molar-refractivity contribution in [3.8, 4) is 5.75 Å². The van der Waals surface area contributed by atoms with E-state index in [2.05, 4.69) is 4.99 Å². The fourth-order valence-electron chi connectivity index (χ4n) is 2.62. The SMILES string of the molecule is CCN(C)C=Nc1cc(OC)c(C(O)(c2ccccc2)C(F)F)cc1C. The van der Waals surface area contributed by atoms with Gasteiger partial charge in [0, 0.05) is 25.2 Å². The van der Waals surface area contributed by atoms with E-state index in [1.807, 2.05) is 18.9 Å². The number of aliphatic imine (C=N–C) groups is 1. The minimum Gasteiger partial charge on any atom is -0.496 e. The molecular formula is C20H24F2N2O2. The number of hydrogen-bond donors (Lipinski definition) is 1. The maximum atomic E-state index is 14.0. The topological polar surface area (TPSA) is 45.1 Å². The molecule has 1 N–H and O–H groups in total. The first-order valence-corrected chi connectivity index (χ1v) is 8.34. The van der Waals surface area contributed by atoms with Gasteiger partial charge in [0.15, 0.2) is 5.60 Å². The zero-order chi connectivity index (χ0) is 19.3. The van der Waals surface area contributed by atoms with Crippen molar-refractivity contribution in [2.45, 2.75) is 25.9 Å². The second-order valence-electron chi connectivity index (χ2n) is 6.09. The van der Waals surface area contributed by atoms with Gasteiger partial charge in [-0.25, -0.2) is 13.8 Å². The number of benzene rings is 2. The van der Waals surface area contributed by atoms with Crippen LogP contribution in [0.25, 0.3) is 0 Å². The highest BCUT2D eigenvalue weighted by Crippen LogP contribution is 2.42. The Bertz CT molecular complexity index is 766. The Morgan fingerprint density at radius 1 is 1.27 bits per heavy atom. The monoisotopic (exact) mass is 362 g/mol. The molecule has 0 heterocycles. The summed E-state index contributed by atoms with van der Waals surface area (Å²) in [6, 6.07) is 11.0. The Morgan fingerprint density at radius 2 is 1.92 bits per heavy atom. The molecule has 0 saturated heterocycles. The van der Waals surface area contributed by atoms with Crippen LogP contribution in [0.2, 0.25) is 0 Å². The molecule has 1 unspecified atom stereocenters. The molecule has 2 aromatic carbocycles. The standard InChI is InChI=1S/C20H24F2N2O2/c1-5-24(3)13-23-17-12-18(26-4)16(11-14(17)2)20(25,19(21)22)15-9-7-6-8-10-15/h6-13,19,25H,5H2,1-4H3. The summed E-state index contributed by atoms with van der Waals surface area (Å²) in [5.41, 5.74) is -1.09. The number of halogens is 2. The van der Waals surface area contributed by atoms with Gasteiger partial charge in [-0.2, -0.15) is 0 Å². The minimum absolute atomic E-state index is 0.0153. The third-order valence-corrected chi connectivity index (χ3v) is 4.35. The number of alkyl halides is 2. The highest BCUT2D eigenvalue weighted by molar-refractivity contribution is 5.65. The Balaban J connectivity index is 2.61. The molecular weight excluding hydrogens is 338 g/mol. The molecule has 2 aromatic rings. The second-order valence-corrected chi connectivity index (χ2v) is 6.09. The quantitative estimate of drug-likeness (QED) is 0.595. The van der Waals surface area contributed by atoms with Crippen LogP contribution in [0.15, 0.2) is 47.5 Å². The molecule has 0 radical (unpaired) electrons. The lowest BCUT2D eigenvalue weighted by Crippen LogP contribution is -2.36. The summed E-state index contributed by atoms with van der Waals surface area (Å²) in [7, 11) is 3.27. The Kier molecular flexibility index (Phi) is 6.32. The number of nitrogens with zero attached hydrogens (tertiary/aromatic N) is 2. The van der Waals surface area contributed by atoms with Crippen LogP contribution in [0.5, 0.6) is 5.75 Å². The van der Waals surface area contributed by atoms with Crippen LogP contribution in [0.4, 0.5) is 14.5 Å². The summed E-state index contributed by atoms with van der Waals surface area (Å²) in [5.74, 6) is 0.161. The third kappa shape index (κ3) is 3.85. The van der Waals surface area contributed by atoms with Crippen molar-refractivity contribution in [1.82, 2.24) is 4.90 Å². The van der Waals surface area contributed by atoms with Gasteiger partial charge in [-0.15, -0.1) is 0 Å². The molecule has 0 aromatic heterocycles. The largest absolute Gasteiger partial charge is 0.496 e. The number of hydrogen-bond acceptors (Lipinski definition) is 3. The zero-order valence-electron chi connectivity index (χ0n) is 15.4. The third-order valence-electron chi connectivity index (χ3n) is 4.35. The van der Waals surface area contributed by atoms with Crippen LogP contribution < -0.4 is 4.74 Å². The van der Waals surface area contributed by atoms with Gasteiger partial charge in [0.25, 0.3) is 6.43 Å². The molecule has 0 spiro atoms. The van der Waals surface area contributed by atoms with Gasteiger partial charge in [0.1, 0.15) is 5.75 Å². The van der Waals surface area contributed by atoms with Crippen molar-refractivity contribution in [3.63, 3.8) is 0 Å². The van der Waals surface area contributed by atoms with Crippen LogP contribution in [-0.2, 0) is 5.60 Å². The Morgan fingerprint density at radius 3 is 2.46 bits per heavy atom. The molecule has 140 valence electrons. The summed E-state index contributed by atoms with van der Waals surface area (Å²) in [4.78, 5) is 6.27. The first-order valence-electron chi connectivity index (χ1n) is 8.34. The maximum absolute atomic E-state index is 14.0. The van der Waals surface area contributed by atoms with E-state index in [-0.39, 0.29) is 16.9 Å². The molecule has 1 atom stereocenters. The van der Waals surface area contributed by atoms with Gasteiger partial charge in [-0.05, 0) is 31.0 Å². The van der Waals surface area contributed by atoms with E-state index in [0.29, 0.717) is 11.3 Å². The van der Waals surface area contributed by atoms with Gasteiger partial charge < -0.3 is 14.7 Å². The van der Waals surface area contributed by atoms with Crippen LogP contribution >= 0.6 is 0 Å². The molecule has 6 heteroatoms. The molecule has 0 aliphatic rings. The van der Waals surface area contributed by atoms with Gasteiger partial charge in [0.05, 0.1) is 19.1 Å². The fourth-order valence-corrected chi connectivity index (χ4v) is 2.62. The second kappa shape index (κ2) is 8.27. The number of methoxy groups -OCH3 is 1. The van der Waals surface area contributed by atoms with E-state index in [1.54, 1.807) is 37.5 Å². The summed E-state index contributed by atoms with van der Waals surface area (Å²) < 4.78 is 33.2. The smallest absolute Gasteiger partial charge is 0.275 e. The van der Waals surface area contributed by atoms with Crippen molar-refractivity contribution in [2.75, 3.05) is 20.7 Å². The molecule has 0 aliphatic heterocycles. The van der Waals surface area contributed by atoms with E-state index in [0.717, 1.165) is 6.54 Å². The van der Waals surface area contributed by atoms with Crippen LogP contribution in [0.1, 0.15) is 23.6 Å². The molecule has 4 nitrogen and oxygen atoms in total. The summed E-state index contributed by atoms with van der Waals surface area (Å²) in [6.07, 6.45) is -1.36. The normalized spacial score (nSPS) is 13.8. The number of aliphatic hydroxyl groups is 1. The van der Waals surface area contributed by atoms with Gasteiger partial charge in [0.2, 0.25) is 0 Å². The predicted octanol–water partition coefficient (Wildman–Crippen LogP) is 4.12. The first kappa shape index (κ1) is 19.8. The lowest BCUT2D eigenvalue weighted by Gasteiger charge is -2.30. The molecule has 26 heavy (non-hydrogen) atoms. The summed E-state index contributed by atoms with van der Waals surface area (Å²) >= 11 is 0. The molecule has 0 aliphatic carbocycles. The first-order chi connectivity index (χ1) is 12.3. The highest BCUT2D eigenvalue weighted by Gasteiger charge is 2.44. The number of rotatable bonds is 7. The summed E-state index contributed by atoms with van der Waals surface area (Å²) in [6.45, 7) is 4.54. The van der Waals surface area contributed by atoms with Gasteiger partial charge in [-0.3, -0.25) is 0 Å². The lowest BCUT2D eigenvalue weighted by atomic mass is 9.85. The zero-order valence-corrected chi connectivity index (χ0v) is 15.4. The molecule has 0 amide bonds. The molecule has 0 fully saturated rings. The molecule has 0 bridgehead atoms. The van der Waals surface area contributed by atoms with E-state index in [1.165, 1.54) is 25.3 Å². The van der Waals surface area contributed by atoms with Crippen molar-refractivity contribution in [1.29, 1.82) is 0 Å². The van der Waals surface area contributed by atoms with E-state index < -0.39 is 12.0 Å². The van der Waals surface area contributed by atoms with Crippen LogP contribution in [-0.4, -0.2) is 43.5 Å². The van der Waals surface area contributed by atoms with Crippen LogP contribution in [0, 0.1) is 6.92 Å². The maximum Gasteiger partial charge on any atom is 0.275 e. The van der Waals surface area contributed by atoms with Crippen LogP contribution in [0.3, 0.4) is 0 Å². The lowest BCUT2D eigenvalue weighted by molar-refractivity contribution is -0.0729. The Hall–Kier alpha value is -2.47. The van der Waals surface area contributed by atoms with E-state index >= 15 is 0 Å². The number of aryl methyl sites for hydroxylation is 1. The molecule has 2 rings (SSSR count). The number of ether oxygens (including phenoxy) is 1. The van der Waals surface area contributed by atoms with Gasteiger partial charge in [-0.1, -0.05) is 30.3 Å². The van der Waals surface area contributed by atoms with Crippen molar-refractivity contribution >= 4 is 12.0 Å². The average Bonchev–Trinajstić information content (AvgIpc) is 2.66. The molecule has 0 saturated carbocycles. The fraction of sp³-hybridized carbons (Fsp3) is 0.350.